The summed E-state index contributed by atoms with van der Waals surface area (Å²) in [6.45, 7) is 2.96. The molecule has 2 saturated heterocycles. The molecule has 2 atom stereocenters. The van der Waals surface area contributed by atoms with Crippen LogP contribution < -0.4 is 20.1 Å². The van der Waals surface area contributed by atoms with Crippen molar-refractivity contribution in [2.45, 2.75) is 37.9 Å². The molecular formula is C24H30N2O5. The molecule has 0 aliphatic carbocycles. The SMILES string of the molecule is O=C(CNc1ccc(OCC2CCCO2)cc1)Nc1ccc(OCC2CCCO2)cc1. The van der Waals surface area contributed by atoms with Gasteiger partial charge in [-0.2, -0.15) is 0 Å². The lowest BCUT2D eigenvalue weighted by Gasteiger charge is -2.13. The molecular weight excluding hydrogens is 396 g/mol. The van der Waals surface area contributed by atoms with E-state index in [4.69, 9.17) is 18.9 Å². The van der Waals surface area contributed by atoms with Gasteiger partial charge < -0.3 is 29.6 Å². The molecule has 4 rings (SSSR count). The van der Waals surface area contributed by atoms with Gasteiger partial charge in [0.15, 0.2) is 0 Å². The Labute approximate surface area is 183 Å². The van der Waals surface area contributed by atoms with Crippen LogP contribution in [-0.2, 0) is 14.3 Å². The Morgan fingerprint density at radius 1 is 0.806 bits per heavy atom. The first-order chi connectivity index (χ1) is 15.2. The van der Waals surface area contributed by atoms with E-state index in [1.165, 1.54) is 0 Å². The number of benzene rings is 2. The quantitative estimate of drug-likeness (QED) is 0.601. The second-order valence-electron chi connectivity index (χ2n) is 7.84. The summed E-state index contributed by atoms with van der Waals surface area (Å²) in [5.41, 5.74) is 1.59. The van der Waals surface area contributed by atoms with E-state index in [2.05, 4.69) is 10.6 Å². The van der Waals surface area contributed by atoms with E-state index in [-0.39, 0.29) is 24.7 Å². The fourth-order valence-corrected chi connectivity index (χ4v) is 3.62. The molecule has 0 spiro atoms. The van der Waals surface area contributed by atoms with Gasteiger partial charge in [0.05, 0.1) is 18.8 Å². The molecule has 0 aromatic heterocycles. The average Bonchev–Trinajstić information content (AvgIpc) is 3.51. The summed E-state index contributed by atoms with van der Waals surface area (Å²) in [6.07, 6.45) is 4.69. The molecule has 0 radical (unpaired) electrons. The normalized spacial score (nSPS) is 20.4. The first-order valence-electron chi connectivity index (χ1n) is 11.0. The van der Waals surface area contributed by atoms with Gasteiger partial charge in [0, 0.05) is 24.6 Å². The fraction of sp³-hybridized carbons (Fsp3) is 0.458. The topological polar surface area (TPSA) is 78.1 Å². The molecule has 0 bridgehead atoms. The predicted octanol–water partition coefficient (Wildman–Crippen LogP) is 3.85. The van der Waals surface area contributed by atoms with Crippen molar-refractivity contribution in [2.24, 2.45) is 0 Å². The first kappa shape index (κ1) is 21.5. The molecule has 0 saturated carbocycles. The van der Waals surface area contributed by atoms with Gasteiger partial charge in [-0.3, -0.25) is 4.79 Å². The van der Waals surface area contributed by atoms with Crippen LogP contribution in [0.3, 0.4) is 0 Å². The smallest absolute Gasteiger partial charge is 0.243 e. The maximum atomic E-state index is 12.2. The number of ether oxygens (including phenoxy) is 4. The summed E-state index contributed by atoms with van der Waals surface area (Å²) in [5, 5.41) is 6.00. The second-order valence-corrected chi connectivity index (χ2v) is 7.84. The summed E-state index contributed by atoms with van der Waals surface area (Å²) in [4.78, 5) is 12.2. The number of nitrogens with one attached hydrogen (secondary N) is 2. The van der Waals surface area contributed by atoms with Gasteiger partial charge in [0.25, 0.3) is 0 Å². The number of anilines is 2. The Hall–Kier alpha value is -2.77. The Morgan fingerprint density at radius 2 is 1.32 bits per heavy atom. The molecule has 2 fully saturated rings. The van der Waals surface area contributed by atoms with Crippen LogP contribution in [0.15, 0.2) is 48.5 Å². The predicted molar refractivity (Wildman–Crippen MR) is 119 cm³/mol. The molecule has 2 N–H and O–H groups in total. The van der Waals surface area contributed by atoms with Crippen molar-refractivity contribution in [3.8, 4) is 11.5 Å². The number of hydrogen-bond acceptors (Lipinski definition) is 6. The van der Waals surface area contributed by atoms with Crippen molar-refractivity contribution < 1.29 is 23.7 Å². The minimum Gasteiger partial charge on any atom is -0.491 e. The minimum absolute atomic E-state index is 0.119. The number of rotatable bonds is 10. The van der Waals surface area contributed by atoms with Gasteiger partial charge >= 0.3 is 0 Å². The van der Waals surface area contributed by atoms with Crippen LogP contribution in [0.5, 0.6) is 11.5 Å². The Balaban J connectivity index is 1.15. The third kappa shape index (κ3) is 6.87. The summed E-state index contributed by atoms with van der Waals surface area (Å²) >= 11 is 0. The molecule has 166 valence electrons. The average molecular weight is 427 g/mol. The van der Waals surface area contributed by atoms with Crippen LogP contribution in [0.4, 0.5) is 11.4 Å². The second kappa shape index (κ2) is 11.0. The number of hydrogen-bond donors (Lipinski definition) is 2. The highest BCUT2D eigenvalue weighted by Gasteiger charge is 2.16. The standard InChI is InChI=1S/C24H30N2O5/c27-24(26-19-7-11-21(12-8-19)31-17-23-4-2-14-29-23)15-25-18-5-9-20(10-6-18)30-16-22-3-1-13-28-22/h5-12,22-23,25H,1-4,13-17H2,(H,26,27). The lowest BCUT2D eigenvalue weighted by molar-refractivity contribution is -0.114. The molecule has 31 heavy (non-hydrogen) atoms. The zero-order valence-electron chi connectivity index (χ0n) is 17.7. The van der Waals surface area contributed by atoms with E-state index < -0.39 is 0 Å². The molecule has 2 aromatic carbocycles. The fourth-order valence-electron chi connectivity index (χ4n) is 3.62. The van der Waals surface area contributed by atoms with E-state index in [1.54, 1.807) is 0 Å². The first-order valence-corrected chi connectivity index (χ1v) is 11.0. The maximum absolute atomic E-state index is 12.2. The van der Waals surface area contributed by atoms with Gasteiger partial charge in [0.2, 0.25) is 5.91 Å². The number of amides is 1. The highest BCUT2D eigenvalue weighted by molar-refractivity contribution is 5.93. The zero-order valence-corrected chi connectivity index (χ0v) is 17.7. The van der Waals surface area contributed by atoms with Crippen LogP contribution >= 0.6 is 0 Å². The van der Waals surface area contributed by atoms with Crippen LogP contribution in [0, 0.1) is 0 Å². The number of carbonyl (C=O) groups excluding carboxylic acids is 1. The van der Waals surface area contributed by atoms with Gasteiger partial charge in [0.1, 0.15) is 24.7 Å². The van der Waals surface area contributed by atoms with Gasteiger partial charge in [-0.15, -0.1) is 0 Å². The molecule has 2 aromatic rings. The third-order valence-electron chi connectivity index (χ3n) is 5.37. The molecule has 2 unspecified atom stereocenters. The van der Waals surface area contributed by atoms with Crippen LogP contribution in [0.1, 0.15) is 25.7 Å². The third-order valence-corrected chi connectivity index (χ3v) is 5.37. The monoisotopic (exact) mass is 426 g/mol. The summed E-state index contributed by atoms with van der Waals surface area (Å²) in [7, 11) is 0. The summed E-state index contributed by atoms with van der Waals surface area (Å²) in [6, 6.07) is 15.0. The van der Waals surface area contributed by atoms with E-state index in [0.29, 0.717) is 13.2 Å². The maximum Gasteiger partial charge on any atom is 0.243 e. The van der Waals surface area contributed by atoms with Crippen LogP contribution in [0.25, 0.3) is 0 Å². The summed E-state index contributed by atoms with van der Waals surface area (Å²) < 4.78 is 22.6. The molecule has 2 aliphatic rings. The lowest BCUT2D eigenvalue weighted by atomic mass is 10.2. The van der Waals surface area contributed by atoms with Gasteiger partial charge in [-0.25, -0.2) is 0 Å². The van der Waals surface area contributed by atoms with E-state index in [9.17, 15) is 4.79 Å². The Kier molecular flexibility index (Phi) is 7.63. The zero-order chi connectivity index (χ0) is 21.3. The number of carbonyl (C=O) groups is 1. The molecule has 7 heteroatoms. The van der Waals surface area contributed by atoms with Crippen LogP contribution in [0.2, 0.25) is 0 Å². The molecule has 1 amide bonds. The van der Waals surface area contributed by atoms with Crippen molar-refractivity contribution in [2.75, 3.05) is 43.6 Å². The van der Waals surface area contributed by atoms with Crippen molar-refractivity contribution in [1.82, 2.24) is 0 Å². The highest BCUT2D eigenvalue weighted by Crippen LogP contribution is 2.20. The van der Waals surface area contributed by atoms with E-state index in [0.717, 1.165) is 61.8 Å². The van der Waals surface area contributed by atoms with E-state index >= 15 is 0 Å². The lowest BCUT2D eigenvalue weighted by Crippen LogP contribution is -2.21. The van der Waals surface area contributed by atoms with Gasteiger partial charge in [-0.05, 0) is 74.2 Å². The molecule has 2 heterocycles. The van der Waals surface area contributed by atoms with E-state index in [1.807, 2.05) is 48.5 Å². The van der Waals surface area contributed by atoms with Crippen molar-refractivity contribution >= 4 is 17.3 Å². The largest absolute Gasteiger partial charge is 0.491 e. The van der Waals surface area contributed by atoms with Crippen molar-refractivity contribution in [1.29, 1.82) is 0 Å². The highest BCUT2D eigenvalue weighted by atomic mass is 16.5. The molecule has 2 aliphatic heterocycles. The minimum atomic E-state index is -0.119. The van der Waals surface area contributed by atoms with Gasteiger partial charge in [-0.1, -0.05) is 0 Å². The van der Waals surface area contributed by atoms with Crippen LogP contribution in [-0.4, -0.2) is 51.1 Å². The Bertz CT molecular complexity index is 813. The van der Waals surface area contributed by atoms with Crippen molar-refractivity contribution in [3.63, 3.8) is 0 Å². The molecule has 7 nitrogen and oxygen atoms in total. The Morgan fingerprint density at radius 3 is 1.81 bits per heavy atom. The van der Waals surface area contributed by atoms with Crippen molar-refractivity contribution in [3.05, 3.63) is 48.5 Å². The summed E-state index contributed by atoms with van der Waals surface area (Å²) in [5.74, 6) is 1.45.